The summed E-state index contributed by atoms with van der Waals surface area (Å²) in [5, 5.41) is 5.51. The minimum atomic E-state index is -0.286. The molecule has 0 bridgehead atoms. The number of aromatic nitrogens is 4. The van der Waals surface area contributed by atoms with Crippen molar-refractivity contribution in [3.63, 3.8) is 0 Å². The maximum absolute atomic E-state index is 13.8. The van der Waals surface area contributed by atoms with Gasteiger partial charge in [-0.2, -0.15) is 0 Å². The Kier molecular flexibility index (Phi) is 5.39. The van der Waals surface area contributed by atoms with Crippen molar-refractivity contribution in [3.8, 4) is 11.3 Å². The van der Waals surface area contributed by atoms with Crippen LogP contribution >= 0.6 is 11.8 Å². The molecule has 0 radical (unpaired) electrons. The number of rotatable bonds is 6. The van der Waals surface area contributed by atoms with Gasteiger partial charge in [-0.05, 0) is 31.2 Å². The molecule has 0 saturated heterocycles. The van der Waals surface area contributed by atoms with Gasteiger partial charge in [-0.15, -0.1) is 5.10 Å². The second-order valence-electron chi connectivity index (χ2n) is 9.42. The fourth-order valence-electron chi connectivity index (χ4n) is 4.16. The molecule has 5 nitrogen and oxygen atoms in total. The summed E-state index contributed by atoms with van der Waals surface area (Å²) in [5.41, 5.74) is 4.59. The lowest BCUT2D eigenvalue weighted by molar-refractivity contribution is 0.505. The van der Waals surface area contributed by atoms with Gasteiger partial charge >= 0.3 is 0 Å². The second-order valence-corrected chi connectivity index (χ2v) is 10.5. The van der Waals surface area contributed by atoms with Gasteiger partial charge < -0.3 is 0 Å². The van der Waals surface area contributed by atoms with Crippen LogP contribution in [0.4, 0.5) is 0 Å². The molecule has 1 aliphatic rings. The Morgan fingerprint density at radius 2 is 2.03 bits per heavy atom. The zero-order valence-corrected chi connectivity index (χ0v) is 19.3. The van der Waals surface area contributed by atoms with Crippen molar-refractivity contribution < 1.29 is 0 Å². The van der Waals surface area contributed by atoms with Gasteiger partial charge in [0.15, 0.2) is 5.16 Å². The van der Waals surface area contributed by atoms with E-state index in [1.807, 2.05) is 17.7 Å². The van der Waals surface area contributed by atoms with E-state index in [9.17, 15) is 4.79 Å². The topological polar surface area (TPSA) is 52.2 Å². The molecular weight excluding hydrogens is 392 g/mol. The van der Waals surface area contributed by atoms with Crippen molar-refractivity contribution in [2.24, 2.45) is 5.92 Å². The molecule has 0 saturated carbocycles. The maximum atomic E-state index is 13.8. The first-order valence-corrected chi connectivity index (χ1v) is 11.6. The Bertz CT molecular complexity index is 1190. The van der Waals surface area contributed by atoms with E-state index in [0.29, 0.717) is 18.2 Å². The molecular formula is C24H30N4OS. The van der Waals surface area contributed by atoms with Crippen LogP contribution in [0.25, 0.3) is 17.0 Å². The first-order valence-electron chi connectivity index (χ1n) is 10.6. The van der Waals surface area contributed by atoms with Gasteiger partial charge in [0.1, 0.15) is 0 Å². The number of hydrogen-bond acceptors (Lipinski definition) is 4. The summed E-state index contributed by atoms with van der Waals surface area (Å²) in [6, 6.07) is 8.29. The molecule has 4 rings (SSSR count). The predicted molar refractivity (Wildman–Crippen MR) is 124 cm³/mol. The van der Waals surface area contributed by atoms with Crippen LogP contribution < -0.4 is 5.56 Å². The van der Waals surface area contributed by atoms with Gasteiger partial charge in [0, 0.05) is 16.7 Å². The summed E-state index contributed by atoms with van der Waals surface area (Å²) in [7, 11) is 0. The summed E-state index contributed by atoms with van der Waals surface area (Å²) in [6.07, 6.45) is 1.90. The Hall–Kier alpha value is -2.34. The fraction of sp³-hybridized carbons (Fsp3) is 0.458. The van der Waals surface area contributed by atoms with Gasteiger partial charge in [-0.3, -0.25) is 4.79 Å². The molecule has 0 fully saturated rings. The quantitative estimate of drug-likeness (QED) is 0.409. The first-order chi connectivity index (χ1) is 14.2. The van der Waals surface area contributed by atoms with E-state index < -0.39 is 0 Å². The summed E-state index contributed by atoms with van der Waals surface area (Å²) >= 11 is 1.64. The molecule has 0 spiro atoms. The predicted octanol–water partition coefficient (Wildman–Crippen LogP) is 5.11. The second kappa shape index (κ2) is 7.73. The number of hydrogen-bond donors (Lipinski definition) is 0. The van der Waals surface area contributed by atoms with E-state index in [0.717, 1.165) is 46.1 Å². The lowest BCUT2D eigenvalue weighted by Crippen LogP contribution is -2.36. The third-order valence-corrected chi connectivity index (χ3v) is 6.58. The molecule has 0 atom stereocenters. The van der Waals surface area contributed by atoms with Gasteiger partial charge in [0.2, 0.25) is 5.78 Å². The standard InChI is InChI=1S/C24H30N4OS/c1-15(2)11-12-30-23-26-27(14-16(3)4)22-25-20-18-10-8-7-9-17(18)13-24(5,6)19(20)21(29)28(22)23/h7-10,15H,3,11-14H2,1-2,4-6H3. The van der Waals surface area contributed by atoms with Crippen molar-refractivity contribution in [2.45, 2.75) is 64.6 Å². The van der Waals surface area contributed by atoms with Crippen molar-refractivity contribution in [2.75, 3.05) is 5.75 Å². The van der Waals surface area contributed by atoms with Crippen LogP contribution in [-0.2, 0) is 18.4 Å². The minimum absolute atomic E-state index is 0.00881. The summed E-state index contributed by atoms with van der Waals surface area (Å²) in [5.74, 6) is 2.13. The molecule has 0 aliphatic heterocycles. The Labute approximate surface area is 182 Å². The van der Waals surface area contributed by atoms with E-state index in [1.165, 1.54) is 5.56 Å². The number of nitrogens with zero attached hydrogens (tertiary/aromatic N) is 4. The molecule has 30 heavy (non-hydrogen) atoms. The molecule has 158 valence electrons. The lowest BCUT2D eigenvalue weighted by Gasteiger charge is -2.32. The van der Waals surface area contributed by atoms with Crippen LogP contribution in [0.1, 0.15) is 52.2 Å². The third kappa shape index (κ3) is 3.62. The fourth-order valence-corrected chi connectivity index (χ4v) is 5.39. The van der Waals surface area contributed by atoms with Crippen LogP contribution in [0.3, 0.4) is 0 Å². The molecule has 0 amide bonds. The van der Waals surface area contributed by atoms with E-state index in [1.54, 1.807) is 16.2 Å². The van der Waals surface area contributed by atoms with Crippen molar-refractivity contribution in [1.82, 2.24) is 19.2 Å². The van der Waals surface area contributed by atoms with Crippen molar-refractivity contribution >= 4 is 17.5 Å². The average Bonchev–Trinajstić information content (AvgIpc) is 2.98. The van der Waals surface area contributed by atoms with Gasteiger partial charge in [0.05, 0.1) is 17.8 Å². The zero-order valence-electron chi connectivity index (χ0n) is 18.5. The molecule has 0 N–H and O–H groups in total. The molecule has 2 heterocycles. The number of allylic oxidation sites excluding steroid dienone is 1. The molecule has 1 aromatic carbocycles. The van der Waals surface area contributed by atoms with Crippen LogP contribution in [0.15, 0.2) is 46.4 Å². The largest absolute Gasteiger partial charge is 0.268 e. The molecule has 1 aliphatic carbocycles. The molecule has 6 heteroatoms. The Balaban J connectivity index is 1.98. The number of benzene rings is 1. The molecule has 3 aromatic rings. The number of thioether (sulfide) groups is 1. The highest BCUT2D eigenvalue weighted by molar-refractivity contribution is 7.99. The summed E-state index contributed by atoms with van der Waals surface area (Å²) < 4.78 is 3.55. The highest BCUT2D eigenvalue weighted by atomic mass is 32.2. The van der Waals surface area contributed by atoms with Crippen LogP contribution in [0.2, 0.25) is 0 Å². The smallest absolute Gasteiger partial charge is 0.265 e. The van der Waals surface area contributed by atoms with Gasteiger partial charge in [-0.1, -0.05) is 75.9 Å². The Morgan fingerprint density at radius 1 is 1.30 bits per heavy atom. The van der Waals surface area contributed by atoms with Crippen LogP contribution in [-0.4, -0.2) is 24.9 Å². The van der Waals surface area contributed by atoms with Gasteiger partial charge in [-0.25, -0.2) is 14.1 Å². The van der Waals surface area contributed by atoms with Crippen molar-refractivity contribution in [1.29, 1.82) is 0 Å². The van der Waals surface area contributed by atoms with Crippen LogP contribution in [0, 0.1) is 5.92 Å². The highest BCUT2D eigenvalue weighted by Crippen LogP contribution is 2.40. The van der Waals surface area contributed by atoms with Gasteiger partial charge in [0.25, 0.3) is 5.56 Å². The summed E-state index contributed by atoms with van der Waals surface area (Å²) in [4.78, 5) is 18.9. The summed E-state index contributed by atoms with van der Waals surface area (Å²) in [6.45, 7) is 15.3. The van der Waals surface area contributed by atoms with E-state index in [4.69, 9.17) is 10.1 Å². The van der Waals surface area contributed by atoms with E-state index >= 15 is 0 Å². The van der Waals surface area contributed by atoms with E-state index in [2.05, 4.69) is 52.5 Å². The molecule has 2 aromatic heterocycles. The SMILES string of the molecule is C=C(C)Cn1nc(SCCC(C)C)n2c(=O)c3c(nc12)-c1ccccc1CC3(C)C. The minimum Gasteiger partial charge on any atom is -0.268 e. The highest BCUT2D eigenvalue weighted by Gasteiger charge is 2.36. The van der Waals surface area contributed by atoms with E-state index in [-0.39, 0.29) is 11.0 Å². The third-order valence-electron chi connectivity index (χ3n) is 5.62. The maximum Gasteiger partial charge on any atom is 0.265 e. The lowest BCUT2D eigenvalue weighted by atomic mass is 9.72. The Morgan fingerprint density at radius 3 is 2.73 bits per heavy atom. The zero-order chi connectivity index (χ0) is 21.6. The normalized spacial score (nSPS) is 14.7. The molecule has 0 unspecified atom stereocenters. The monoisotopic (exact) mass is 422 g/mol. The first kappa shape index (κ1) is 20.9. The van der Waals surface area contributed by atoms with Crippen LogP contribution in [0.5, 0.6) is 0 Å². The van der Waals surface area contributed by atoms with Crippen molar-refractivity contribution in [3.05, 3.63) is 57.9 Å². The number of fused-ring (bicyclic) bond motifs is 4. The average molecular weight is 423 g/mol.